The molecule has 116 valence electrons. The first kappa shape index (κ1) is 15.8. The lowest BCUT2D eigenvalue weighted by atomic mass is 10.1. The Morgan fingerprint density at radius 1 is 1.48 bits per heavy atom. The summed E-state index contributed by atoms with van der Waals surface area (Å²) in [6.45, 7) is 3.85. The zero-order valence-corrected chi connectivity index (χ0v) is 13.0. The van der Waals surface area contributed by atoms with Crippen molar-refractivity contribution in [3.8, 4) is 0 Å². The van der Waals surface area contributed by atoms with E-state index < -0.39 is 0 Å². The predicted molar refractivity (Wildman–Crippen MR) is 83.1 cm³/mol. The van der Waals surface area contributed by atoms with Crippen LogP contribution in [-0.2, 0) is 4.79 Å². The zero-order valence-electron chi connectivity index (χ0n) is 12.2. The predicted octanol–water partition coefficient (Wildman–Crippen LogP) is 1.06. The Bertz CT molecular complexity index is 469. The summed E-state index contributed by atoms with van der Waals surface area (Å²) in [7, 11) is 0. The largest absolute Gasteiger partial charge is 0.369 e. The molecule has 7 heteroatoms. The number of primary amides is 1. The first-order valence-electron chi connectivity index (χ1n) is 7.15. The molecule has 1 aromatic heterocycles. The minimum absolute atomic E-state index is 0.0138. The second-order valence-corrected chi connectivity index (χ2v) is 6.35. The number of likely N-dealkylation sites (tertiary alicyclic amines) is 1. The van der Waals surface area contributed by atoms with Crippen LogP contribution < -0.4 is 16.4 Å². The van der Waals surface area contributed by atoms with Gasteiger partial charge in [-0.05, 0) is 31.2 Å². The maximum atomic E-state index is 12.0. The molecule has 0 aromatic carbocycles. The van der Waals surface area contributed by atoms with Gasteiger partial charge in [-0.2, -0.15) is 0 Å². The van der Waals surface area contributed by atoms with E-state index in [1.54, 1.807) is 11.3 Å². The summed E-state index contributed by atoms with van der Waals surface area (Å²) in [4.78, 5) is 26.0. The van der Waals surface area contributed by atoms with Crippen LogP contribution in [0.5, 0.6) is 0 Å². The van der Waals surface area contributed by atoms with Crippen molar-refractivity contribution in [1.29, 1.82) is 0 Å². The lowest BCUT2D eigenvalue weighted by Gasteiger charge is -2.31. The molecule has 0 bridgehead atoms. The molecule has 2 heterocycles. The van der Waals surface area contributed by atoms with Crippen LogP contribution in [-0.4, -0.2) is 42.5 Å². The number of carbonyl (C=O) groups excluding carboxylic acids is 2. The number of piperidine rings is 1. The smallest absolute Gasteiger partial charge is 0.315 e. The summed E-state index contributed by atoms with van der Waals surface area (Å²) in [5.41, 5.74) is 5.18. The topological polar surface area (TPSA) is 87.5 Å². The van der Waals surface area contributed by atoms with Crippen LogP contribution in [0.25, 0.3) is 0 Å². The van der Waals surface area contributed by atoms with E-state index in [1.165, 1.54) is 0 Å². The average molecular weight is 310 g/mol. The number of rotatable bonds is 5. The maximum absolute atomic E-state index is 12.0. The van der Waals surface area contributed by atoms with Crippen LogP contribution in [0, 0.1) is 0 Å². The van der Waals surface area contributed by atoms with E-state index in [-0.39, 0.29) is 24.0 Å². The summed E-state index contributed by atoms with van der Waals surface area (Å²) in [5.74, 6) is -0.302. The monoisotopic (exact) mass is 310 g/mol. The van der Waals surface area contributed by atoms with Crippen LogP contribution in [0.3, 0.4) is 0 Å². The molecule has 1 atom stereocenters. The molecule has 4 N–H and O–H groups in total. The SMILES string of the molecule is CC(NC(=O)NC1CCN(CC(N)=O)CC1)c1cccs1. The van der Waals surface area contributed by atoms with E-state index in [0.29, 0.717) is 6.54 Å². The summed E-state index contributed by atoms with van der Waals surface area (Å²) in [6, 6.07) is 4.02. The molecular weight excluding hydrogens is 288 g/mol. The Morgan fingerprint density at radius 3 is 2.76 bits per heavy atom. The van der Waals surface area contributed by atoms with Gasteiger partial charge in [0, 0.05) is 24.0 Å². The number of hydrogen-bond acceptors (Lipinski definition) is 4. The molecule has 1 aliphatic rings. The molecule has 0 spiro atoms. The van der Waals surface area contributed by atoms with Gasteiger partial charge >= 0.3 is 6.03 Å². The molecule has 1 aromatic rings. The highest BCUT2D eigenvalue weighted by Crippen LogP contribution is 2.18. The van der Waals surface area contributed by atoms with Gasteiger partial charge in [0.15, 0.2) is 0 Å². The number of carbonyl (C=O) groups is 2. The highest BCUT2D eigenvalue weighted by molar-refractivity contribution is 7.10. The number of thiophene rings is 1. The van der Waals surface area contributed by atoms with E-state index in [0.717, 1.165) is 30.8 Å². The van der Waals surface area contributed by atoms with Gasteiger partial charge in [-0.1, -0.05) is 6.07 Å². The molecule has 0 aliphatic carbocycles. The van der Waals surface area contributed by atoms with Crippen LogP contribution in [0.15, 0.2) is 17.5 Å². The van der Waals surface area contributed by atoms with Gasteiger partial charge in [0.05, 0.1) is 12.6 Å². The van der Waals surface area contributed by atoms with E-state index >= 15 is 0 Å². The molecular formula is C14H22N4O2S. The number of nitrogens with two attached hydrogens (primary N) is 1. The number of nitrogens with one attached hydrogen (secondary N) is 2. The van der Waals surface area contributed by atoms with Crippen molar-refractivity contribution in [2.45, 2.75) is 31.8 Å². The highest BCUT2D eigenvalue weighted by atomic mass is 32.1. The Labute approximate surface area is 128 Å². The summed E-state index contributed by atoms with van der Waals surface area (Å²) < 4.78 is 0. The van der Waals surface area contributed by atoms with Crippen LogP contribution >= 0.6 is 11.3 Å². The Kier molecular flexibility index (Phi) is 5.58. The molecule has 0 radical (unpaired) electrons. The third-order valence-electron chi connectivity index (χ3n) is 3.62. The summed E-state index contributed by atoms with van der Waals surface area (Å²) in [6.07, 6.45) is 1.68. The van der Waals surface area contributed by atoms with Gasteiger partial charge in [0.25, 0.3) is 0 Å². The molecule has 3 amide bonds. The van der Waals surface area contributed by atoms with Crippen LogP contribution in [0.4, 0.5) is 4.79 Å². The second-order valence-electron chi connectivity index (χ2n) is 5.37. The minimum Gasteiger partial charge on any atom is -0.369 e. The molecule has 1 aliphatic heterocycles. The second kappa shape index (κ2) is 7.42. The van der Waals surface area contributed by atoms with Crippen LogP contribution in [0.2, 0.25) is 0 Å². The fourth-order valence-electron chi connectivity index (χ4n) is 2.49. The standard InChI is InChI=1S/C14H22N4O2S/c1-10(12-3-2-8-21-12)16-14(20)17-11-4-6-18(7-5-11)9-13(15)19/h2-3,8,10-11H,4-7,9H2,1H3,(H2,15,19)(H2,16,17,20). The normalized spacial score (nSPS) is 18.1. The third-order valence-corrected chi connectivity index (χ3v) is 4.67. The molecule has 0 saturated carbocycles. The first-order chi connectivity index (χ1) is 10.0. The van der Waals surface area contributed by atoms with Crippen molar-refractivity contribution in [1.82, 2.24) is 15.5 Å². The molecule has 1 fully saturated rings. The van der Waals surface area contributed by atoms with Gasteiger partial charge in [0.1, 0.15) is 0 Å². The number of nitrogens with zero attached hydrogens (tertiary/aromatic N) is 1. The number of urea groups is 1. The van der Waals surface area contributed by atoms with E-state index in [4.69, 9.17) is 5.73 Å². The Morgan fingerprint density at radius 2 is 2.19 bits per heavy atom. The zero-order chi connectivity index (χ0) is 15.2. The van der Waals surface area contributed by atoms with Crippen molar-refractivity contribution in [3.63, 3.8) is 0 Å². The molecule has 1 saturated heterocycles. The first-order valence-corrected chi connectivity index (χ1v) is 8.03. The lowest BCUT2D eigenvalue weighted by Crippen LogP contribution is -2.49. The summed E-state index contributed by atoms with van der Waals surface area (Å²) >= 11 is 1.63. The van der Waals surface area contributed by atoms with E-state index in [2.05, 4.69) is 10.6 Å². The van der Waals surface area contributed by atoms with Crippen LogP contribution in [0.1, 0.15) is 30.7 Å². The van der Waals surface area contributed by atoms with Gasteiger partial charge in [-0.3, -0.25) is 9.69 Å². The number of amides is 3. The Balaban J connectivity index is 1.71. The van der Waals surface area contributed by atoms with Gasteiger partial charge < -0.3 is 16.4 Å². The lowest BCUT2D eigenvalue weighted by molar-refractivity contribution is -0.119. The van der Waals surface area contributed by atoms with Crippen molar-refractivity contribution >= 4 is 23.3 Å². The van der Waals surface area contributed by atoms with Gasteiger partial charge in [-0.25, -0.2) is 4.79 Å². The van der Waals surface area contributed by atoms with Crippen molar-refractivity contribution < 1.29 is 9.59 Å². The number of hydrogen-bond donors (Lipinski definition) is 3. The molecule has 6 nitrogen and oxygen atoms in total. The van der Waals surface area contributed by atoms with E-state index in [9.17, 15) is 9.59 Å². The van der Waals surface area contributed by atoms with Crippen molar-refractivity contribution in [3.05, 3.63) is 22.4 Å². The molecule has 1 unspecified atom stereocenters. The quantitative estimate of drug-likeness (QED) is 0.760. The van der Waals surface area contributed by atoms with E-state index in [1.807, 2.05) is 29.3 Å². The van der Waals surface area contributed by atoms with Gasteiger partial charge in [0.2, 0.25) is 5.91 Å². The highest BCUT2D eigenvalue weighted by Gasteiger charge is 2.22. The fraction of sp³-hybridized carbons (Fsp3) is 0.571. The van der Waals surface area contributed by atoms with Gasteiger partial charge in [-0.15, -0.1) is 11.3 Å². The van der Waals surface area contributed by atoms with Crippen molar-refractivity contribution in [2.75, 3.05) is 19.6 Å². The Hall–Kier alpha value is -1.60. The fourth-order valence-corrected chi connectivity index (χ4v) is 3.22. The summed E-state index contributed by atoms with van der Waals surface area (Å²) in [5, 5.41) is 7.94. The molecule has 2 rings (SSSR count). The van der Waals surface area contributed by atoms with Crippen molar-refractivity contribution in [2.24, 2.45) is 5.73 Å². The molecule has 21 heavy (non-hydrogen) atoms. The average Bonchev–Trinajstić information content (AvgIpc) is 2.94. The third kappa shape index (κ3) is 5.02. The maximum Gasteiger partial charge on any atom is 0.315 e. The minimum atomic E-state index is -0.302.